The van der Waals surface area contributed by atoms with Crippen LogP contribution in [0.5, 0.6) is 0 Å². The number of anilines is 1. The molecule has 3 aromatic rings. The summed E-state index contributed by atoms with van der Waals surface area (Å²) in [6, 6.07) is 7.87. The van der Waals surface area contributed by atoms with Crippen molar-refractivity contribution in [2.45, 2.75) is 38.1 Å². The van der Waals surface area contributed by atoms with Gasteiger partial charge in [-0.15, -0.1) is 11.3 Å². The molecule has 5 rings (SSSR count). The van der Waals surface area contributed by atoms with Crippen molar-refractivity contribution in [1.29, 1.82) is 0 Å². The minimum absolute atomic E-state index is 0.0949. The van der Waals surface area contributed by atoms with Gasteiger partial charge in [-0.3, -0.25) is 15.1 Å². The molecule has 0 spiro atoms. The second-order valence-corrected chi connectivity index (χ2v) is 9.15. The Morgan fingerprint density at radius 2 is 2.13 bits per heavy atom. The first-order chi connectivity index (χ1) is 15.3. The molecule has 1 saturated carbocycles. The molecule has 0 saturated heterocycles. The lowest BCUT2D eigenvalue weighted by molar-refractivity contribution is 0.101. The number of nitrogens with zero attached hydrogens (tertiary/aromatic N) is 3. The van der Waals surface area contributed by atoms with E-state index in [-0.39, 0.29) is 5.91 Å². The summed E-state index contributed by atoms with van der Waals surface area (Å²) in [5.74, 6) is 1.75. The second kappa shape index (κ2) is 9.02. The van der Waals surface area contributed by atoms with Crippen molar-refractivity contribution in [1.82, 2.24) is 14.5 Å². The van der Waals surface area contributed by atoms with Gasteiger partial charge in [0.1, 0.15) is 5.69 Å². The largest absolute Gasteiger partial charge is 0.344 e. The van der Waals surface area contributed by atoms with Gasteiger partial charge in [-0.05, 0) is 67.3 Å². The fourth-order valence-corrected chi connectivity index (χ4v) is 5.21. The average Bonchev–Trinajstić information content (AvgIpc) is 3.22. The first kappa shape index (κ1) is 19.9. The Bertz CT molecular complexity index is 1100. The van der Waals surface area contributed by atoms with E-state index in [0.717, 1.165) is 31.5 Å². The van der Waals surface area contributed by atoms with Gasteiger partial charge in [0.2, 0.25) is 0 Å². The highest BCUT2D eigenvalue weighted by Gasteiger charge is 2.44. The van der Waals surface area contributed by atoms with Crippen molar-refractivity contribution >= 4 is 22.4 Å². The number of allylic oxidation sites excluding steroid dienone is 4. The van der Waals surface area contributed by atoms with Crippen LogP contribution in [0.25, 0.3) is 0 Å². The first-order valence-corrected chi connectivity index (χ1v) is 11.8. The van der Waals surface area contributed by atoms with E-state index in [1.807, 2.05) is 47.4 Å². The Hall–Kier alpha value is -2.99. The van der Waals surface area contributed by atoms with Crippen LogP contribution in [0.3, 0.4) is 0 Å². The van der Waals surface area contributed by atoms with Crippen molar-refractivity contribution in [3.05, 3.63) is 89.5 Å². The van der Waals surface area contributed by atoms with E-state index in [1.54, 1.807) is 0 Å². The molecule has 6 heteroatoms. The maximum absolute atomic E-state index is 12.8. The van der Waals surface area contributed by atoms with Gasteiger partial charge in [0.25, 0.3) is 5.91 Å². The quantitative estimate of drug-likeness (QED) is 0.516. The standard InChI is InChI=1S/C25H26N4OS/c30-24(23-9-5-15-29(23)14-4-6-18-10-12-26-13-11-18)28-25-27-22(17-31-25)21-16-20(21)19-7-2-1-3-8-19/h1-3,5,7,9-13,15,17,19-21H,4,6,8,14,16H2,(H,27,28,30)/t19?,20?,21-/m1/s1. The molecule has 1 N–H and O–H groups in total. The molecular formula is C25H26N4OS. The van der Waals surface area contributed by atoms with Crippen LogP contribution in [-0.2, 0) is 13.0 Å². The lowest BCUT2D eigenvalue weighted by Gasteiger charge is -2.11. The molecule has 0 bridgehead atoms. The lowest BCUT2D eigenvalue weighted by atomic mass is 9.94. The monoisotopic (exact) mass is 430 g/mol. The summed E-state index contributed by atoms with van der Waals surface area (Å²) in [7, 11) is 0. The first-order valence-electron chi connectivity index (χ1n) is 10.9. The number of aryl methyl sites for hydroxylation is 2. The molecule has 31 heavy (non-hydrogen) atoms. The third-order valence-corrected chi connectivity index (χ3v) is 6.98. The van der Waals surface area contributed by atoms with E-state index in [0.29, 0.717) is 28.6 Å². The summed E-state index contributed by atoms with van der Waals surface area (Å²) >= 11 is 1.52. The third-order valence-electron chi connectivity index (χ3n) is 6.20. The molecule has 0 radical (unpaired) electrons. The van der Waals surface area contributed by atoms with Crippen molar-refractivity contribution < 1.29 is 4.79 Å². The molecule has 1 fully saturated rings. The van der Waals surface area contributed by atoms with Crippen LogP contribution in [0.4, 0.5) is 5.13 Å². The number of nitrogens with one attached hydrogen (secondary N) is 1. The van der Waals surface area contributed by atoms with Gasteiger partial charge in [0, 0.05) is 36.4 Å². The average molecular weight is 431 g/mol. The Kier molecular flexibility index (Phi) is 5.80. The predicted octanol–water partition coefficient (Wildman–Crippen LogP) is 5.46. The van der Waals surface area contributed by atoms with Crippen molar-refractivity contribution in [3.63, 3.8) is 0 Å². The molecule has 2 unspecified atom stereocenters. The molecule has 3 aromatic heterocycles. The number of pyridine rings is 1. The van der Waals surface area contributed by atoms with E-state index >= 15 is 0 Å². The second-order valence-electron chi connectivity index (χ2n) is 8.30. The van der Waals surface area contributed by atoms with E-state index < -0.39 is 0 Å². The molecule has 2 aliphatic rings. The zero-order valence-corrected chi connectivity index (χ0v) is 18.2. The van der Waals surface area contributed by atoms with Crippen molar-refractivity contribution in [3.8, 4) is 0 Å². The molecule has 3 heterocycles. The molecule has 2 aliphatic carbocycles. The Morgan fingerprint density at radius 1 is 1.23 bits per heavy atom. The summed E-state index contributed by atoms with van der Waals surface area (Å²) in [5.41, 5.74) is 3.07. The van der Waals surface area contributed by atoms with Crippen LogP contribution in [-0.4, -0.2) is 20.4 Å². The Balaban J connectivity index is 1.16. The van der Waals surface area contributed by atoms with E-state index in [2.05, 4.69) is 40.0 Å². The summed E-state index contributed by atoms with van der Waals surface area (Å²) in [4.78, 5) is 21.6. The van der Waals surface area contributed by atoms with Crippen LogP contribution in [0.2, 0.25) is 0 Å². The lowest BCUT2D eigenvalue weighted by Crippen LogP contribution is -2.17. The number of amides is 1. The zero-order chi connectivity index (χ0) is 21.0. The van der Waals surface area contributed by atoms with Crippen molar-refractivity contribution in [2.75, 3.05) is 5.32 Å². The van der Waals surface area contributed by atoms with Crippen LogP contribution < -0.4 is 5.32 Å². The maximum Gasteiger partial charge on any atom is 0.274 e. The van der Waals surface area contributed by atoms with Crippen LogP contribution >= 0.6 is 11.3 Å². The summed E-state index contributed by atoms with van der Waals surface area (Å²) < 4.78 is 2.02. The number of thiazole rings is 1. The van der Waals surface area contributed by atoms with Gasteiger partial charge in [0.05, 0.1) is 5.69 Å². The van der Waals surface area contributed by atoms with Gasteiger partial charge in [0.15, 0.2) is 5.13 Å². The van der Waals surface area contributed by atoms with E-state index in [9.17, 15) is 4.79 Å². The molecule has 3 atom stereocenters. The maximum atomic E-state index is 12.8. The number of carbonyl (C=O) groups excluding carboxylic acids is 1. The van der Waals surface area contributed by atoms with Gasteiger partial charge in [-0.25, -0.2) is 4.98 Å². The molecule has 158 valence electrons. The van der Waals surface area contributed by atoms with Crippen LogP contribution in [0.15, 0.2) is 72.5 Å². The van der Waals surface area contributed by atoms with Gasteiger partial charge in [-0.2, -0.15) is 0 Å². The zero-order valence-electron chi connectivity index (χ0n) is 17.4. The minimum Gasteiger partial charge on any atom is -0.344 e. The fraction of sp³-hybridized carbons (Fsp3) is 0.320. The number of hydrogen-bond donors (Lipinski definition) is 1. The number of rotatable bonds is 8. The highest BCUT2D eigenvalue weighted by Crippen LogP contribution is 2.53. The third kappa shape index (κ3) is 4.69. The van der Waals surface area contributed by atoms with Gasteiger partial charge in [-0.1, -0.05) is 24.3 Å². The topological polar surface area (TPSA) is 59.8 Å². The highest BCUT2D eigenvalue weighted by molar-refractivity contribution is 7.14. The number of hydrogen-bond acceptors (Lipinski definition) is 4. The highest BCUT2D eigenvalue weighted by atomic mass is 32.1. The molecule has 5 nitrogen and oxygen atoms in total. The summed E-state index contributed by atoms with van der Waals surface area (Å²) in [6.07, 6.45) is 18.7. The fourth-order valence-electron chi connectivity index (χ4n) is 4.44. The van der Waals surface area contributed by atoms with Crippen LogP contribution in [0, 0.1) is 11.8 Å². The normalized spacial score (nSPS) is 21.9. The smallest absolute Gasteiger partial charge is 0.274 e. The summed E-state index contributed by atoms with van der Waals surface area (Å²) in [6.45, 7) is 0.800. The van der Waals surface area contributed by atoms with Gasteiger partial charge >= 0.3 is 0 Å². The van der Waals surface area contributed by atoms with Crippen LogP contribution in [0.1, 0.15) is 46.9 Å². The molecule has 0 aliphatic heterocycles. The Morgan fingerprint density at radius 3 is 2.97 bits per heavy atom. The minimum atomic E-state index is -0.0949. The van der Waals surface area contributed by atoms with E-state index in [4.69, 9.17) is 4.98 Å². The number of carbonyl (C=O) groups is 1. The SMILES string of the molecule is O=C(Nc1nc([C@@H]2CC2C2C=CC=CC2)cs1)c1cccn1CCCc1ccncc1. The predicted molar refractivity (Wildman–Crippen MR) is 124 cm³/mol. The van der Waals surface area contributed by atoms with E-state index in [1.165, 1.54) is 23.3 Å². The molecular weight excluding hydrogens is 404 g/mol. The van der Waals surface area contributed by atoms with Crippen molar-refractivity contribution in [2.24, 2.45) is 11.8 Å². The summed E-state index contributed by atoms with van der Waals surface area (Å²) in [5, 5.41) is 5.80. The molecule has 0 aromatic carbocycles. The van der Waals surface area contributed by atoms with Gasteiger partial charge < -0.3 is 4.57 Å². The molecule has 1 amide bonds. The Labute approximate surface area is 186 Å². The number of aromatic nitrogens is 3.